The summed E-state index contributed by atoms with van der Waals surface area (Å²) in [5.74, 6) is -2.25. The van der Waals surface area contributed by atoms with Crippen LogP contribution in [-0.4, -0.2) is 36.3 Å². The molecule has 1 aliphatic heterocycles. The van der Waals surface area contributed by atoms with Crippen LogP contribution in [0, 0.1) is 0 Å². The molecule has 27 heavy (non-hydrogen) atoms. The van der Waals surface area contributed by atoms with Crippen LogP contribution < -0.4 is 15.8 Å². The Balaban J connectivity index is 0.000000321. The van der Waals surface area contributed by atoms with Gasteiger partial charge < -0.3 is 20.9 Å². The van der Waals surface area contributed by atoms with E-state index in [9.17, 15) is 18.0 Å². The monoisotopic (exact) mass is 382 g/mol. The Morgan fingerprint density at radius 3 is 2.30 bits per heavy atom. The van der Waals surface area contributed by atoms with E-state index in [4.69, 9.17) is 20.4 Å². The van der Waals surface area contributed by atoms with E-state index in [2.05, 4.69) is 11.4 Å². The first kappa shape index (κ1) is 20.2. The van der Waals surface area contributed by atoms with Gasteiger partial charge in [-0.1, -0.05) is 30.3 Å². The van der Waals surface area contributed by atoms with Gasteiger partial charge in [0.15, 0.2) is 0 Å². The fourth-order valence-corrected chi connectivity index (χ4v) is 2.38. The van der Waals surface area contributed by atoms with Crippen LogP contribution in [0.15, 0.2) is 42.5 Å². The van der Waals surface area contributed by atoms with Crippen LogP contribution in [0.25, 0.3) is 11.1 Å². The maximum Gasteiger partial charge on any atom is 0.490 e. The number of fused-ring (bicyclic) bond motifs is 1. The third-order valence-electron chi connectivity index (χ3n) is 3.66. The van der Waals surface area contributed by atoms with E-state index >= 15 is 0 Å². The number of halogens is 3. The van der Waals surface area contributed by atoms with Crippen molar-refractivity contribution in [2.75, 3.05) is 13.2 Å². The summed E-state index contributed by atoms with van der Waals surface area (Å²) < 4.78 is 37.6. The summed E-state index contributed by atoms with van der Waals surface area (Å²) in [7, 11) is 0. The van der Waals surface area contributed by atoms with Gasteiger partial charge in [0.1, 0.15) is 12.4 Å². The van der Waals surface area contributed by atoms with Gasteiger partial charge in [-0.3, -0.25) is 4.79 Å². The van der Waals surface area contributed by atoms with E-state index in [0.29, 0.717) is 12.2 Å². The van der Waals surface area contributed by atoms with Gasteiger partial charge in [-0.2, -0.15) is 13.2 Å². The number of primary amides is 1. The van der Waals surface area contributed by atoms with Crippen LogP contribution in [-0.2, 0) is 11.3 Å². The van der Waals surface area contributed by atoms with Crippen molar-refractivity contribution < 1.29 is 32.6 Å². The van der Waals surface area contributed by atoms with Crippen LogP contribution in [0.2, 0.25) is 0 Å². The molecule has 1 amide bonds. The molecule has 144 valence electrons. The van der Waals surface area contributed by atoms with Crippen molar-refractivity contribution in [1.82, 2.24) is 5.32 Å². The molecule has 0 aromatic heterocycles. The molecule has 2 aromatic rings. The molecule has 0 bridgehead atoms. The number of amides is 1. The number of nitrogens with two attached hydrogens (primary N) is 1. The van der Waals surface area contributed by atoms with Gasteiger partial charge in [0.05, 0.1) is 0 Å². The van der Waals surface area contributed by atoms with Crippen molar-refractivity contribution >= 4 is 11.9 Å². The van der Waals surface area contributed by atoms with Crippen molar-refractivity contribution in [3.63, 3.8) is 0 Å². The second kappa shape index (κ2) is 8.54. The van der Waals surface area contributed by atoms with E-state index in [0.717, 1.165) is 35.5 Å². The number of alkyl halides is 3. The molecule has 2 aromatic carbocycles. The van der Waals surface area contributed by atoms with Crippen LogP contribution in [0.5, 0.6) is 5.75 Å². The Morgan fingerprint density at radius 1 is 1.11 bits per heavy atom. The average molecular weight is 382 g/mol. The number of hydrogen-bond donors (Lipinski definition) is 3. The third-order valence-corrected chi connectivity index (χ3v) is 3.66. The zero-order valence-electron chi connectivity index (χ0n) is 14.0. The standard InChI is InChI=1S/C16H16N2O2.C2HF3O2/c17-16(19)12-6-4-11(5-7-12)14-3-1-2-13-10-18-8-9-20-15(13)14;3-2(4,5)1(6)7/h1-7,18H,8-10H2,(H2,17,19);(H,6,7). The number of carbonyl (C=O) groups is 2. The van der Waals surface area contributed by atoms with Crippen molar-refractivity contribution in [2.24, 2.45) is 5.73 Å². The van der Waals surface area contributed by atoms with Crippen molar-refractivity contribution in [1.29, 1.82) is 0 Å². The zero-order chi connectivity index (χ0) is 20.0. The van der Waals surface area contributed by atoms with Gasteiger partial charge in [0, 0.05) is 29.8 Å². The minimum Gasteiger partial charge on any atom is -0.491 e. The van der Waals surface area contributed by atoms with Crippen molar-refractivity contribution in [2.45, 2.75) is 12.7 Å². The van der Waals surface area contributed by atoms with E-state index in [1.807, 2.05) is 24.3 Å². The summed E-state index contributed by atoms with van der Waals surface area (Å²) in [4.78, 5) is 20.0. The Labute approximate surface area is 152 Å². The lowest BCUT2D eigenvalue weighted by atomic mass is 10.00. The van der Waals surface area contributed by atoms with Crippen LogP contribution in [0.1, 0.15) is 15.9 Å². The molecule has 1 heterocycles. The van der Waals surface area contributed by atoms with Crippen LogP contribution in [0.3, 0.4) is 0 Å². The SMILES string of the molecule is NC(=O)c1ccc(-c2cccc3c2OCCNC3)cc1.O=C(O)C(F)(F)F. The number of carbonyl (C=O) groups excluding carboxylic acids is 1. The van der Waals surface area contributed by atoms with Gasteiger partial charge in [-0.25, -0.2) is 4.79 Å². The van der Waals surface area contributed by atoms with Crippen molar-refractivity contribution in [3.05, 3.63) is 53.6 Å². The normalized spacial score (nSPS) is 13.3. The lowest BCUT2D eigenvalue weighted by Crippen LogP contribution is -2.21. The second-order valence-electron chi connectivity index (χ2n) is 5.56. The fourth-order valence-electron chi connectivity index (χ4n) is 2.38. The number of carboxylic acid groups (broad SMARTS) is 1. The highest BCUT2D eigenvalue weighted by molar-refractivity contribution is 5.93. The number of nitrogens with one attached hydrogen (secondary N) is 1. The predicted octanol–water partition coefficient (Wildman–Crippen LogP) is 2.57. The van der Waals surface area contributed by atoms with Crippen molar-refractivity contribution in [3.8, 4) is 16.9 Å². The number of hydrogen-bond acceptors (Lipinski definition) is 4. The van der Waals surface area contributed by atoms with Crippen LogP contribution in [0.4, 0.5) is 13.2 Å². The molecule has 0 saturated carbocycles. The number of para-hydroxylation sites is 1. The topological polar surface area (TPSA) is 102 Å². The Hall–Kier alpha value is -3.07. The molecule has 9 heteroatoms. The molecule has 0 atom stereocenters. The number of aliphatic carboxylic acids is 1. The molecule has 4 N–H and O–H groups in total. The predicted molar refractivity (Wildman–Crippen MR) is 91.3 cm³/mol. The maximum atomic E-state index is 11.1. The van der Waals surface area contributed by atoms with E-state index in [1.165, 1.54) is 0 Å². The molecule has 0 radical (unpaired) electrons. The van der Waals surface area contributed by atoms with Gasteiger partial charge >= 0.3 is 12.1 Å². The third kappa shape index (κ3) is 5.45. The van der Waals surface area contributed by atoms with Gasteiger partial charge in [0.25, 0.3) is 0 Å². The van der Waals surface area contributed by atoms with Crippen LogP contribution >= 0.6 is 0 Å². The largest absolute Gasteiger partial charge is 0.491 e. The van der Waals surface area contributed by atoms with Gasteiger partial charge in [-0.05, 0) is 17.7 Å². The second-order valence-corrected chi connectivity index (χ2v) is 5.56. The lowest BCUT2D eigenvalue weighted by molar-refractivity contribution is -0.192. The summed E-state index contributed by atoms with van der Waals surface area (Å²) in [6.07, 6.45) is -5.08. The quantitative estimate of drug-likeness (QED) is 0.741. The first-order valence-corrected chi connectivity index (χ1v) is 7.86. The average Bonchev–Trinajstić information content (AvgIpc) is 2.87. The number of rotatable bonds is 2. The molecule has 0 unspecified atom stereocenters. The van der Waals surface area contributed by atoms with E-state index in [1.54, 1.807) is 12.1 Å². The fraction of sp³-hybridized carbons (Fsp3) is 0.222. The van der Waals surface area contributed by atoms with E-state index < -0.39 is 18.1 Å². The molecular formula is C18H17F3N2O4. The molecule has 0 aliphatic carbocycles. The van der Waals surface area contributed by atoms with E-state index in [-0.39, 0.29) is 0 Å². The smallest absolute Gasteiger partial charge is 0.490 e. The summed E-state index contributed by atoms with van der Waals surface area (Å²) in [5, 5.41) is 10.4. The summed E-state index contributed by atoms with van der Waals surface area (Å²) in [6, 6.07) is 13.4. The summed E-state index contributed by atoms with van der Waals surface area (Å²) in [5.41, 5.74) is 8.99. The Kier molecular flexibility index (Phi) is 6.40. The maximum absolute atomic E-state index is 11.1. The molecule has 6 nitrogen and oxygen atoms in total. The molecule has 3 rings (SSSR count). The molecule has 0 saturated heterocycles. The lowest BCUT2D eigenvalue weighted by Gasteiger charge is -2.13. The molecule has 0 fully saturated rings. The summed E-state index contributed by atoms with van der Waals surface area (Å²) in [6.45, 7) is 2.31. The number of ether oxygens (including phenoxy) is 1. The zero-order valence-corrected chi connectivity index (χ0v) is 14.0. The molecule has 0 spiro atoms. The van der Waals surface area contributed by atoms with Gasteiger partial charge in [0.2, 0.25) is 5.91 Å². The number of carboxylic acids is 1. The minimum absolute atomic E-state index is 0.413. The molecule has 1 aliphatic rings. The highest BCUT2D eigenvalue weighted by Gasteiger charge is 2.38. The highest BCUT2D eigenvalue weighted by Crippen LogP contribution is 2.34. The minimum atomic E-state index is -5.08. The molecular weight excluding hydrogens is 365 g/mol. The Morgan fingerprint density at radius 2 is 1.74 bits per heavy atom. The Bertz CT molecular complexity index is 820. The first-order chi connectivity index (χ1) is 12.7. The highest BCUT2D eigenvalue weighted by atomic mass is 19.4. The summed E-state index contributed by atoms with van der Waals surface area (Å²) >= 11 is 0. The number of benzene rings is 2. The van der Waals surface area contributed by atoms with Gasteiger partial charge in [-0.15, -0.1) is 0 Å². The first-order valence-electron chi connectivity index (χ1n) is 7.86.